The Bertz CT molecular complexity index is 683. The second-order valence-electron chi connectivity index (χ2n) is 6.15. The van der Waals surface area contributed by atoms with Crippen molar-refractivity contribution in [3.8, 4) is 0 Å². The van der Waals surface area contributed by atoms with Gasteiger partial charge >= 0.3 is 6.03 Å². The monoisotopic (exact) mass is 314 g/mol. The Morgan fingerprint density at radius 2 is 2.00 bits per heavy atom. The maximum absolute atomic E-state index is 11.9. The van der Waals surface area contributed by atoms with Crippen LogP contribution in [0.25, 0.3) is 10.9 Å². The third-order valence-electron chi connectivity index (χ3n) is 4.69. The van der Waals surface area contributed by atoms with Crippen molar-refractivity contribution in [2.24, 2.45) is 5.73 Å². The fourth-order valence-corrected chi connectivity index (χ4v) is 3.31. The molecule has 0 unspecified atom stereocenters. The molecule has 122 valence electrons. The average Bonchev–Trinajstić information content (AvgIpc) is 2.97. The van der Waals surface area contributed by atoms with Crippen LogP contribution in [0, 0.1) is 0 Å². The van der Waals surface area contributed by atoms with E-state index in [1.165, 1.54) is 16.6 Å². The number of nitrogens with zero attached hydrogens (tertiary/aromatic N) is 1. The van der Waals surface area contributed by atoms with Crippen LogP contribution in [0.5, 0.6) is 0 Å². The number of benzene rings is 1. The van der Waals surface area contributed by atoms with Crippen molar-refractivity contribution in [2.75, 3.05) is 13.1 Å². The number of rotatable bonds is 3. The van der Waals surface area contributed by atoms with Crippen molar-refractivity contribution >= 4 is 22.8 Å². The second-order valence-corrected chi connectivity index (χ2v) is 6.15. The SMILES string of the molecule is C[C@H](C(=O)NC(N)=O)N1CCC(c2cc3ccccc3[nH]2)CC1. The topological polar surface area (TPSA) is 91.2 Å². The molecule has 23 heavy (non-hydrogen) atoms. The lowest BCUT2D eigenvalue weighted by molar-refractivity contribution is -0.125. The molecule has 6 nitrogen and oxygen atoms in total. The minimum atomic E-state index is -0.796. The standard InChI is InChI=1S/C17H22N4O2/c1-11(16(22)20-17(18)23)21-8-6-12(7-9-21)15-10-13-4-2-3-5-14(13)19-15/h2-5,10-12,19H,6-9H2,1H3,(H3,18,20,22,23)/t11-/m1/s1. The Balaban J connectivity index is 1.61. The van der Waals surface area contributed by atoms with Crippen LogP contribution >= 0.6 is 0 Å². The van der Waals surface area contributed by atoms with Crippen molar-refractivity contribution in [1.29, 1.82) is 0 Å². The van der Waals surface area contributed by atoms with Gasteiger partial charge in [0.05, 0.1) is 6.04 Å². The summed E-state index contributed by atoms with van der Waals surface area (Å²) in [6.07, 6.45) is 1.97. The molecule has 1 fully saturated rings. The third-order valence-corrected chi connectivity index (χ3v) is 4.69. The van der Waals surface area contributed by atoms with E-state index in [1.54, 1.807) is 0 Å². The lowest BCUT2D eigenvalue weighted by Crippen LogP contribution is -2.50. The van der Waals surface area contributed by atoms with Crippen molar-refractivity contribution < 1.29 is 9.59 Å². The first-order chi connectivity index (χ1) is 11.0. The molecule has 2 heterocycles. The van der Waals surface area contributed by atoms with Crippen LogP contribution < -0.4 is 11.1 Å². The number of carbonyl (C=O) groups excluding carboxylic acids is 2. The molecule has 1 aromatic carbocycles. The summed E-state index contributed by atoms with van der Waals surface area (Å²) in [6, 6.07) is 9.36. The summed E-state index contributed by atoms with van der Waals surface area (Å²) in [6.45, 7) is 3.46. The zero-order valence-corrected chi connectivity index (χ0v) is 13.2. The predicted molar refractivity (Wildman–Crippen MR) is 89.0 cm³/mol. The van der Waals surface area contributed by atoms with Crippen LogP contribution in [-0.2, 0) is 4.79 Å². The number of hydrogen-bond acceptors (Lipinski definition) is 3. The van der Waals surface area contributed by atoms with Gasteiger partial charge in [-0.25, -0.2) is 4.79 Å². The fourth-order valence-electron chi connectivity index (χ4n) is 3.31. The molecule has 1 aliphatic heterocycles. The molecule has 3 rings (SSSR count). The molecule has 3 amide bonds. The average molecular weight is 314 g/mol. The van der Waals surface area contributed by atoms with Gasteiger partial charge in [0.2, 0.25) is 5.91 Å². The predicted octanol–water partition coefficient (Wildman–Crippen LogP) is 1.93. The molecule has 4 N–H and O–H groups in total. The Labute approximate surface area is 135 Å². The summed E-state index contributed by atoms with van der Waals surface area (Å²) in [5.74, 6) is 0.145. The summed E-state index contributed by atoms with van der Waals surface area (Å²) < 4.78 is 0. The number of piperidine rings is 1. The maximum atomic E-state index is 11.9. The number of aromatic amines is 1. The van der Waals surface area contributed by atoms with E-state index in [-0.39, 0.29) is 11.9 Å². The molecule has 0 radical (unpaired) electrons. The number of para-hydroxylation sites is 1. The van der Waals surface area contributed by atoms with Crippen LogP contribution in [0.4, 0.5) is 4.79 Å². The van der Waals surface area contributed by atoms with Gasteiger partial charge in [-0.1, -0.05) is 18.2 Å². The van der Waals surface area contributed by atoms with Crippen LogP contribution in [0.15, 0.2) is 30.3 Å². The van der Waals surface area contributed by atoms with E-state index in [4.69, 9.17) is 5.73 Å². The first kappa shape index (κ1) is 15.6. The van der Waals surface area contributed by atoms with Gasteiger partial charge in [0.15, 0.2) is 0 Å². The van der Waals surface area contributed by atoms with Gasteiger partial charge < -0.3 is 10.7 Å². The van der Waals surface area contributed by atoms with Crippen molar-refractivity contribution in [1.82, 2.24) is 15.2 Å². The van der Waals surface area contributed by atoms with Crippen LogP contribution in [-0.4, -0.2) is 41.0 Å². The van der Waals surface area contributed by atoms with Gasteiger partial charge in [-0.15, -0.1) is 0 Å². The minimum Gasteiger partial charge on any atom is -0.358 e. The smallest absolute Gasteiger partial charge is 0.318 e. The van der Waals surface area contributed by atoms with E-state index in [1.807, 2.05) is 19.1 Å². The number of nitrogens with two attached hydrogens (primary N) is 1. The second kappa shape index (κ2) is 6.42. The zero-order valence-electron chi connectivity index (χ0n) is 13.2. The molecule has 0 saturated carbocycles. The summed E-state index contributed by atoms with van der Waals surface area (Å²) >= 11 is 0. The molecule has 1 aromatic heterocycles. The van der Waals surface area contributed by atoms with Crippen molar-refractivity contribution in [3.05, 3.63) is 36.0 Å². The molecule has 6 heteroatoms. The van der Waals surface area contributed by atoms with Crippen LogP contribution in [0.3, 0.4) is 0 Å². The molecule has 0 aliphatic carbocycles. The van der Waals surface area contributed by atoms with Gasteiger partial charge in [-0.2, -0.15) is 0 Å². The molecule has 0 bridgehead atoms. The van der Waals surface area contributed by atoms with Gasteiger partial charge in [-0.05, 0) is 50.4 Å². The molecule has 0 spiro atoms. The maximum Gasteiger partial charge on any atom is 0.318 e. The van der Waals surface area contributed by atoms with Crippen molar-refractivity contribution in [2.45, 2.75) is 31.7 Å². The highest BCUT2D eigenvalue weighted by molar-refractivity contribution is 5.96. The highest BCUT2D eigenvalue weighted by atomic mass is 16.2. The number of aromatic nitrogens is 1. The Morgan fingerprint density at radius 1 is 1.30 bits per heavy atom. The normalized spacial score (nSPS) is 18.0. The van der Waals surface area contributed by atoms with Crippen molar-refractivity contribution in [3.63, 3.8) is 0 Å². The summed E-state index contributed by atoms with van der Waals surface area (Å²) in [5, 5.41) is 3.39. The van der Waals surface area contributed by atoms with E-state index < -0.39 is 6.03 Å². The number of primary amides is 1. The summed E-state index contributed by atoms with van der Waals surface area (Å²) in [7, 11) is 0. The summed E-state index contributed by atoms with van der Waals surface area (Å²) in [5.41, 5.74) is 7.43. The largest absolute Gasteiger partial charge is 0.358 e. The summed E-state index contributed by atoms with van der Waals surface area (Å²) in [4.78, 5) is 28.2. The number of amides is 3. The quantitative estimate of drug-likeness (QED) is 0.808. The molecular formula is C17H22N4O2. The first-order valence-corrected chi connectivity index (χ1v) is 7.96. The minimum absolute atomic E-state index is 0.332. The number of H-pyrrole nitrogens is 1. The highest BCUT2D eigenvalue weighted by Crippen LogP contribution is 2.30. The third kappa shape index (κ3) is 3.37. The van der Waals surface area contributed by atoms with Gasteiger partial charge in [0.25, 0.3) is 0 Å². The number of hydrogen-bond donors (Lipinski definition) is 3. The molecule has 1 atom stereocenters. The Kier molecular flexibility index (Phi) is 4.34. The van der Waals surface area contributed by atoms with E-state index in [9.17, 15) is 9.59 Å². The van der Waals surface area contributed by atoms with Crippen LogP contribution in [0.2, 0.25) is 0 Å². The number of nitrogens with one attached hydrogen (secondary N) is 2. The highest BCUT2D eigenvalue weighted by Gasteiger charge is 2.28. The number of imide groups is 1. The first-order valence-electron chi connectivity index (χ1n) is 7.96. The molecular weight excluding hydrogens is 292 g/mol. The van der Waals surface area contributed by atoms with Crippen LogP contribution in [0.1, 0.15) is 31.4 Å². The van der Waals surface area contributed by atoms with E-state index in [0.29, 0.717) is 5.92 Å². The van der Waals surface area contributed by atoms with Gasteiger partial charge in [-0.3, -0.25) is 15.0 Å². The molecule has 1 saturated heterocycles. The fraction of sp³-hybridized carbons (Fsp3) is 0.412. The van der Waals surface area contributed by atoms with Gasteiger partial charge in [0, 0.05) is 17.1 Å². The van der Waals surface area contributed by atoms with E-state index >= 15 is 0 Å². The number of urea groups is 1. The number of fused-ring (bicyclic) bond motifs is 1. The lowest BCUT2D eigenvalue weighted by Gasteiger charge is -2.34. The molecule has 1 aliphatic rings. The lowest BCUT2D eigenvalue weighted by atomic mass is 9.92. The Morgan fingerprint density at radius 3 is 2.65 bits per heavy atom. The van der Waals surface area contributed by atoms with E-state index in [0.717, 1.165) is 25.9 Å². The van der Waals surface area contributed by atoms with Gasteiger partial charge in [0.1, 0.15) is 0 Å². The Hall–Kier alpha value is -2.34. The number of carbonyl (C=O) groups is 2. The molecule has 2 aromatic rings. The zero-order chi connectivity index (χ0) is 16.4. The number of likely N-dealkylation sites (tertiary alicyclic amines) is 1. The van der Waals surface area contributed by atoms with E-state index in [2.05, 4.69) is 33.4 Å².